The maximum atomic E-state index is 14.0. The highest BCUT2D eigenvalue weighted by Gasteiger charge is 2.33. The summed E-state index contributed by atoms with van der Waals surface area (Å²) in [6.07, 6.45) is 1.17. The quantitative estimate of drug-likeness (QED) is 0.301. The summed E-state index contributed by atoms with van der Waals surface area (Å²) >= 11 is 12.3. The van der Waals surface area contributed by atoms with Gasteiger partial charge in [-0.2, -0.15) is 0 Å². The molecular formula is C29H31Cl2N3O5S. The van der Waals surface area contributed by atoms with Crippen molar-refractivity contribution in [2.45, 2.75) is 32.9 Å². The Balaban J connectivity index is 2.07. The normalized spacial score (nSPS) is 11.9. The van der Waals surface area contributed by atoms with Crippen molar-refractivity contribution in [2.24, 2.45) is 0 Å². The summed E-state index contributed by atoms with van der Waals surface area (Å²) in [6, 6.07) is 19.2. The molecule has 40 heavy (non-hydrogen) atoms. The Morgan fingerprint density at radius 1 is 0.900 bits per heavy atom. The molecule has 0 radical (unpaired) electrons. The molecule has 212 valence electrons. The fraction of sp³-hybridized carbons (Fsp3) is 0.276. The Morgan fingerprint density at radius 2 is 1.60 bits per heavy atom. The van der Waals surface area contributed by atoms with E-state index in [1.807, 2.05) is 30.3 Å². The summed E-state index contributed by atoms with van der Waals surface area (Å²) < 4.78 is 26.7. The zero-order valence-corrected chi connectivity index (χ0v) is 24.8. The summed E-state index contributed by atoms with van der Waals surface area (Å²) in [5.74, 6) is -1.25. The first-order chi connectivity index (χ1) is 18.9. The molecule has 0 saturated carbocycles. The lowest BCUT2D eigenvalue weighted by Crippen LogP contribution is -2.53. The fourth-order valence-electron chi connectivity index (χ4n) is 4.17. The Kier molecular flexibility index (Phi) is 10.7. The summed E-state index contributed by atoms with van der Waals surface area (Å²) in [4.78, 5) is 40.7. The number of hydrogen-bond acceptors (Lipinski definition) is 5. The molecule has 0 unspecified atom stereocenters. The number of nitrogens with one attached hydrogen (secondary N) is 1. The molecule has 1 N–H and O–H groups in total. The molecule has 3 rings (SSSR count). The highest BCUT2D eigenvalue weighted by Crippen LogP contribution is 2.25. The molecule has 8 nitrogen and oxygen atoms in total. The van der Waals surface area contributed by atoms with Gasteiger partial charge in [0.05, 0.1) is 22.0 Å². The van der Waals surface area contributed by atoms with E-state index in [1.54, 1.807) is 37.3 Å². The van der Waals surface area contributed by atoms with Gasteiger partial charge in [0.1, 0.15) is 12.6 Å². The van der Waals surface area contributed by atoms with Gasteiger partial charge in [-0.25, -0.2) is 8.42 Å². The molecule has 0 spiro atoms. The van der Waals surface area contributed by atoms with Gasteiger partial charge in [0.2, 0.25) is 21.8 Å². The molecule has 2 amide bonds. The van der Waals surface area contributed by atoms with E-state index in [1.165, 1.54) is 24.0 Å². The van der Waals surface area contributed by atoms with Crippen LogP contribution in [0.5, 0.6) is 0 Å². The number of carbonyl (C=O) groups is 3. The van der Waals surface area contributed by atoms with E-state index < -0.39 is 28.5 Å². The number of carbonyl (C=O) groups excluding carboxylic acids is 3. The van der Waals surface area contributed by atoms with Gasteiger partial charge in [0, 0.05) is 25.1 Å². The molecule has 0 saturated heterocycles. The largest absolute Gasteiger partial charge is 0.355 e. The smallest absolute Gasteiger partial charge is 0.244 e. The van der Waals surface area contributed by atoms with Crippen LogP contribution in [0.2, 0.25) is 10.0 Å². The number of likely N-dealkylation sites (N-methyl/N-ethyl adjacent to an activating group) is 1. The minimum atomic E-state index is -3.95. The van der Waals surface area contributed by atoms with Crippen LogP contribution in [0.1, 0.15) is 35.3 Å². The number of halogens is 2. The van der Waals surface area contributed by atoms with Crippen molar-refractivity contribution in [3.8, 4) is 0 Å². The number of nitrogens with zero attached hydrogens (tertiary/aromatic N) is 2. The number of amides is 2. The van der Waals surface area contributed by atoms with E-state index in [2.05, 4.69) is 5.32 Å². The minimum Gasteiger partial charge on any atom is -0.355 e. The predicted octanol–water partition coefficient (Wildman–Crippen LogP) is 4.74. The zero-order valence-electron chi connectivity index (χ0n) is 22.4. The van der Waals surface area contributed by atoms with Gasteiger partial charge >= 0.3 is 0 Å². The van der Waals surface area contributed by atoms with Crippen molar-refractivity contribution < 1.29 is 22.8 Å². The standard InChI is InChI=1S/C29H31Cl2N3O5S/c1-4-32-29(37)27(16-21-9-6-5-7-10-21)33(18-22-13-14-25(30)26(31)15-22)28(36)19-34(40(3,38)39)24-12-8-11-23(17-24)20(2)35/h5-15,17,27H,4,16,18-19H2,1-3H3,(H,32,37)/t27-/m0/s1. The fourth-order valence-corrected chi connectivity index (χ4v) is 5.34. The number of hydrogen-bond donors (Lipinski definition) is 1. The van der Waals surface area contributed by atoms with Crippen LogP contribution in [0.4, 0.5) is 5.69 Å². The number of anilines is 1. The molecule has 3 aromatic rings. The molecule has 1 atom stereocenters. The van der Waals surface area contributed by atoms with Gasteiger partial charge in [-0.3, -0.25) is 18.7 Å². The zero-order chi connectivity index (χ0) is 29.4. The number of rotatable bonds is 12. The van der Waals surface area contributed by atoms with Gasteiger partial charge in [-0.1, -0.05) is 71.7 Å². The summed E-state index contributed by atoms with van der Waals surface area (Å²) in [5.41, 5.74) is 1.89. The third-order valence-corrected chi connectivity index (χ3v) is 8.06. The first-order valence-corrected chi connectivity index (χ1v) is 15.1. The highest BCUT2D eigenvalue weighted by molar-refractivity contribution is 7.92. The van der Waals surface area contributed by atoms with Crippen LogP contribution in [-0.2, 0) is 32.6 Å². The van der Waals surface area contributed by atoms with Gasteiger partial charge in [-0.05, 0) is 49.2 Å². The van der Waals surface area contributed by atoms with Crippen molar-refractivity contribution >= 4 is 56.5 Å². The molecule has 0 aliphatic carbocycles. The number of Topliss-reactive ketones (excluding diaryl/α,β-unsaturated/α-hetero) is 1. The van der Waals surface area contributed by atoms with Crippen molar-refractivity contribution in [2.75, 3.05) is 23.7 Å². The molecule has 0 aliphatic rings. The van der Waals surface area contributed by atoms with Crippen molar-refractivity contribution in [3.63, 3.8) is 0 Å². The number of ketones is 1. The lowest BCUT2D eigenvalue weighted by atomic mass is 10.0. The van der Waals surface area contributed by atoms with Crippen LogP contribution in [0.15, 0.2) is 72.8 Å². The maximum absolute atomic E-state index is 14.0. The van der Waals surface area contributed by atoms with E-state index in [4.69, 9.17) is 23.2 Å². The van der Waals surface area contributed by atoms with E-state index in [0.29, 0.717) is 22.7 Å². The Morgan fingerprint density at radius 3 is 2.20 bits per heavy atom. The molecule has 0 aliphatic heterocycles. The van der Waals surface area contributed by atoms with Crippen LogP contribution in [0.25, 0.3) is 0 Å². The van der Waals surface area contributed by atoms with Crippen molar-refractivity contribution in [1.29, 1.82) is 0 Å². The molecule has 0 fully saturated rings. The van der Waals surface area contributed by atoms with Crippen molar-refractivity contribution in [3.05, 3.63) is 99.5 Å². The topological polar surface area (TPSA) is 104 Å². The first-order valence-electron chi connectivity index (χ1n) is 12.5. The molecular weight excluding hydrogens is 573 g/mol. The van der Waals surface area contributed by atoms with E-state index in [-0.39, 0.29) is 35.4 Å². The monoisotopic (exact) mass is 603 g/mol. The molecule has 11 heteroatoms. The van der Waals surface area contributed by atoms with Crippen LogP contribution < -0.4 is 9.62 Å². The van der Waals surface area contributed by atoms with Gasteiger partial charge in [0.15, 0.2) is 5.78 Å². The van der Waals surface area contributed by atoms with Crippen molar-refractivity contribution in [1.82, 2.24) is 10.2 Å². The van der Waals surface area contributed by atoms with Crippen LogP contribution >= 0.6 is 23.2 Å². The first kappa shape index (κ1) is 31.1. The second kappa shape index (κ2) is 13.8. The Bertz CT molecular complexity index is 1480. The van der Waals surface area contributed by atoms with E-state index >= 15 is 0 Å². The molecule has 0 bridgehead atoms. The predicted molar refractivity (Wildman–Crippen MR) is 158 cm³/mol. The summed E-state index contributed by atoms with van der Waals surface area (Å²) in [6.45, 7) is 2.86. The average molecular weight is 605 g/mol. The number of sulfonamides is 1. The lowest BCUT2D eigenvalue weighted by molar-refractivity contribution is -0.140. The Hall–Kier alpha value is -3.40. The SMILES string of the molecule is CCNC(=O)[C@H](Cc1ccccc1)N(Cc1ccc(Cl)c(Cl)c1)C(=O)CN(c1cccc(C(C)=O)c1)S(C)(=O)=O. The van der Waals surface area contributed by atoms with E-state index in [0.717, 1.165) is 16.1 Å². The maximum Gasteiger partial charge on any atom is 0.244 e. The lowest BCUT2D eigenvalue weighted by Gasteiger charge is -2.33. The van der Waals surface area contributed by atoms with Gasteiger partial charge < -0.3 is 10.2 Å². The molecule has 0 aromatic heterocycles. The average Bonchev–Trinajstić information content (AvgIpc) is 2.91. The second-order valence-electron chi connectivity index (χ2n) is 9.25. The van der Waals surface area contributed by atoms with Crippen LogP contribution in [0, 0.1) is 0 Å². The third kappa shape index (κ3) is 8.30. The Labute approximate surface area is 244 Å². The summed E-state index contributed by atoms with van der Waals surface area (Å²) in [5, 5.41) is 3.41. The van der Waals surface area contributed by atoms with Crippen LogP contribution in [-0.4, -0.2) is 56.3 Å². The van der Waals surface area contributed by atoms with Gasteiger partial charge in [0.25, 0.3) is 0 Å². The van der Waals surface area contributed by atoms with E-state index in [9.17, 15) is 22.8 Å². The third-order valence-electron chi connectivity index (χ3n) is 6.18. The summed E-state index contributed by atoms with van der Waals surface area (Å²) in [7, 11) is -3.95. The molecule has 3 aromatic carbocycles. The van der Waals surface area contributed by atoms with Gasteiger partial charge in [-0.15, -0.1) is 0 Å². The molecule has 0 heterocycles. The number of benzene rings is 3. The minimum absolute atomic E-state index is 0.0323. The second-order valence-corrected chi connectivity index (χ2v) is 12.0. The highest BCUT2D eigenvalue weighted by atomic mass is 35.5. The van der Waals surface area contributed by atoms with Crippen LogP contribution in [0.3, 0.4) is 0 Å².